The molecule has 19 heavy (non-hydrogen) atoms. The lowest BCUT2D eigenvalue weighted by Gasteiger charge is -2.20. The molecule has 2 rings (SSSR count). The first-order valence-corrected chi connectivity index (χ1v) is 6.59. The molecule has 1 aromatic carbocycles. The molecule has 1 aliphatic heterocycles. The van der Waals surface area contributed by atoms with E-state index in [2.05, 4.69) is 10.9 Å². The molecule has 0 bridgehead atoms. The number of thioether (sulfide) groups is 1. The molecule has 0 spiro atoms. The van der Waals surface area contributed by atoms with E-state index < -0.39 is 29.0 Å². The second-order valence-corrected chi connectivity index (χ2v) is 5.27. The van der Waals surface area contributed by atoms with Crippen molar-refractivity contribution in [2.75, 3.05) is 16.9 Å². The van der Waals surface area contributed by atoms with E-state index in [4.69, 9.17) is 0 Å². The molecule has 0 aliphatic carbocycles. The molecule has 1 unspecified atom stereocenters. The van der Waals surface area contributed by atoms with Crippen LogP contribution >= 0.6 is 11.8 Å². The number of benzene rings is 1. The molecule has 1 amide bonds. The highest BCUT2D eigenvalue weighted by Gasteiger charge is 2.39. The summed E-state index contributed by atoms with van der Waals surface area (Å²) < 4.78 is 38.5. The Morgan fingerprint density at radius 3 is 2.47 bits per heavy atom. The van der Waals surface area contributed by atoms with Gasteiger partial charge in [-0.05, 0) is 12.2 Å². The molecular weight excluding hydrogens is 281 g/mol. The maximum absolute atomic E-state index is 12.9. The average Bonchev–Trinajstić information content (AvgIpc) is 2.81. The lowest BCUT2D eigenvalue weighted by Crippen LogP contribution is -2.48. The van der Waals surface area contributed by atoms with E-state index in [-0.39, 0.29) is 11.4 Å². The standard InChI is InChI=1S/C11H11F3N2O2S/c12-7-3-6(4-8(13)9(7)14)15-16-10(17)11(18)1-2-19-5-11/h3-4,15,18H,1-2,5H2,(H,16,17). The van der Waals surface area contributed by atoms with Crippen molar-refractivity contribution in [1.82, 2.24) is 5.43 Å². The zero-order chi connectivity index (χ0) is 14.0. The predicted molar refractivity (Wildman–Crippen MR) is 65.0 cm³/mol. The number of hydrogen-bond donors (Lipinski definition) is 3. The summed E-state index contributed by atoms with van der Waals surface area (Å²) in [4.78, 5) is 11.7. The van der Waals surface area contributed by atoms with E-state index in [0.29, 0.717) is 24.3 Å². The molecule has 1 aromatic rings. The fraction of sp³-hybridized carbons (Fsp3) is 0.364. The van der Waals surface area contributed by atoms with Crippen LogP contribution in [0, 0.1) is 17.5 Å². The zero-order valence-corrected chi connectivity index (χ0v) is 10.5. The Labute approximate surface area is 111 Å². The first kappa shape index (κ1) is 14.0. The minimum atomic E-state index is -1.58. The van der Waals surface area contributed by atoms with Crippen LogP contribution in [-0.4, -0.2) is 28.1 Å². The third kappa shape index (κ3) is 2.95. The van der Waals surface area contributed by atoms with Gasteiger partial charge in [0.25, 0.3) is 5.91 Å². The van der Waals surface area contributed by atoms with E-state index in [9.17, 15) is 23.1 Å². The van der Waals surface area contributed by atoms with Crippen molar-refractivity contribution in [2.24, 2.45) is 0 Å². The van der Waals surface area contributed by atoms with Crippen LogP contribution in [0.2, 0.25) is 0 Å². The lowest BCUT2D eigenvalue weighted by atomic mass is 10.0. The van der Waals surface area contributed by atoms with Gasteiger partial charge in [-0.15, -0.1) is 0 Å². The van der Waals surface area contributed by atoms with Gasteiger partial charge in [0.15, 0.2) is 23.1 Å². The van der Waals surface area contributed by atoms with Crippen LogP contribution in [0.5, 0.6) is 0 Å². The minimum absolute atomic E-state index is 0.154. The molecule has 1 saturated heterocycles. The third-order valence-corrected chi connectivity index (χ3v) is 3.90. The monoisotopic (exact) mass is 292 g/mol. The van der Waals surface area contributed by atoms with Crippen LogP contribution in [0.4, 0.5) is 18.9 Å². The number of rotatable bonds is 3. The largest absolute Gasteiger partial charge is 0.379 e. The number of anilines is 1. The van der Waals surface area contributed by atoms with Crippen molar-refractivity contribution in [2.45, 2.75) is 12.0 Å². The molecule has 1 aliphatic rings. The average molecular weight is 292 g/mol. The summed E-state index contributed by atoms with van der Waals surface area (Å²) in [6, 6.07) is 1.40. The molecular formula is C11H11F3N2O2S. The van der Waals surface area contributed by atoms with E-state index >= 15 is 0 Å². The topological polar surface area (TPSA) is 61.4 Å². The number of hydrazine groups is 1. The zero-order valence-electron chi connectivity index (χ0n) is 9.67. The van der Waals surface area contributed by atoms with Gasteiger partial charge in [0.05, 0.1) is 5.69 Å². The summed E-state index contributed by atoms with van der Waals surface area (Å²) in [6.45, 7) is 0. The Balaban J connectivity index is 2.01. The first-order chi connectivity index (χ1) is 8.92. The highest BCUT2D eigenvalue weighted by atomic mass is 32.2. The van der Waals surface area contributed by atoms with Gasteiger partial charge in [-0.3, -0.25) is 15.6 Å². The van der Waals surface area contributed by atoms with Crippen LogP contribution < -0.4 is 10.9 Å². The van der Waals surface area contributed by atoms with Crippen molar-refractivity contribution in [3.8, 4) is 0 Å². The summed E-state index contributed by atoms with van der Waals surface area (Å²) >= 11 is 1.43. The number of aliphatic hydroxyl groups is 1. The SMILES string of the molecule is O=C(NNc1cc(F)c(F)c(F)c1)C1(O)CCSC1. The normalized spacial score (nSPS) is 22.3. The van der Waals surface area contributed by atoms with Gasteiger partial charge in [0, 0.05) is 17.9 Å². The van der Waals surface area contributed by atoms with Crippen molar-refractivity contribution < 1.29 is 23.1 Å². The van der Waals surface area contributed by atoms with Crippen molar-refractivity contribution in [3.63, 3.8) is 0 Å². The molecule has 3 N–H and O–H groups in total. The molecule has 0 saturated carbocycles. The van der Waals surface area contributed by atoms with Crippen molar-refractivity contribution >= 4 is 23.4 Å². The summed E-state index contributed by atoms with van der Waals surface area (Å²) in [5.74, 6) is -4.10. The summed E-state index contributed by atoms with van der Waals surface area (Å²) in [5, 5.41) is 9.91. The molecule has 1 heterocycles. The van der Waals surface area contributed by atoms with Gasteiger partial charge < -0.3 is 5.11 Å². The van der Waals surface area contributed by atoms with Crippen molar-refractivity contribution in [3.05, 3.63) is 29.6 Å². The number of halogens is 3. The van der Waals surface area contributed by atoms with Gasteiger partial charge in [-0.25, -0.2) is 13.2 Å². The molecule has 4 nitrogen and oxygen atoms in total. The molecule has 0 aromatic heterocycles. The number of carbonyl (C=O) groups is 1. The van der Waals surface area contributed by atoms with E-state index in [1.54, 1.807) is 0 Å². The van der Waals surface area contributed by atoms with Gasteiger partial charge in [-0.2, -0.15) is 11.8 Å². The second kappa shape index (κ2) is 5.30. The first-order valence-electron chi connectivity index (χ1n) is 5.43. The maximum Gasteiger partial charge on any atom is 0.271 e. The summed E-state index contributed by atoms with van der Waals surface area (Å²) in [5.41, 5.74) is 2.74. The van der Waals surface area contributed by atoms with Gasteiger partial charge >= 0.3 is 0 Å². The number of hydrogen-bond acceptors (Lipinski definition) is 4. The second-order valence-electron chi connectivity index (χ2n) is 4.17. The van der Waals surface area contributed by atoms with Crippen LogP contribution in [0.25, 0.3) is 0 Å². The maximum atomic E-state index is 12.9. The van der Waals surface area contributed by atoms with Crippen molar-refractivity contribution in [1.29, 1.82) is 0 Å². The quantitative estimate of drug-likeness (QED) is 0.582. The fourth-order valence-corrected chi connectivity index (χ4v) is 2.85. The summed E-state index contributed by atoms with van der Waals surface area (Å²) in [7, 11) is 0. The lowest BCUT2D eigenvalue weighted by molar-refractivity contribution is -0.136. The highest BCUT2D eigenvalue weighted by Crippen LogP contribution is 2.27. The van der Waals surface area contributed by atoms with Crippen LogP contribution in [-0.2, 0) is 4.79 Å². The van der Waals surface area contributed by atoms with Crippen LogP contribution in [0.1, 0.15) is 6.42 Å². The van der Waals surface area contributed by atoms with Gasteiger partial charge in [-0.1, -0.05) is 0 Å². The molecule has 8 heteroatoms. The molecule has 0 radical (unpaired) electrons. The van der Waals surface area contributed by atoms with E-state index in [1.165, 1.54) is 11.8 Å². The Kier molecular flexibility index (Phi) is 3.91. The smallest absolute Gasteiger partial charge is 0.271 e. The minimum Gasteiger partial charge on any atom is -0.379 e. The Morgan fingerprint density at radius 2 is 1.95 bits per heavy atom. The van der Waals surface area contributed by atoms with Gasteiger partial charge in [0.2, 0.25) is 0 Å². The van der Waals surface area contributed by atoms with E-state index in [0.717, 1.165) is 0 Å². The number of nitrogens with one attached hydrogen (secondary N) is 2. The van der Waals surface area contributed by atoms with Crippen LogP contribution in [0.3, 0.4) is 0 Å². The summed E-state index contributed by atoms with van der Waals surface area (Å²) in [6.07, 6.45) is 0.303. The third-order valence-electron chi connectivity index (χ3n) is 2.73. The van der Waals surface area contributed by atoms with Gasteiger partial charge in [0.1, 0.15) is 0 Å². The highest BCUT2D eigenvalue weighted by molar-refractivity contribution is 7.99. The van der Waals surface area contributed by atoms with E-state index in [1.807, 2.05) is 0 Å². The molecule has 104 valence electrons. The molecule has 1 atom stereocenters. The molecule has 1 fully saturated rings. The number of amides is 1. The van der Waals surface area contributed by atoms with Crippen LogP contribution in [0.15, 0.2) is 12.1 Å². The fourth-order valence-electron chi connectivity index (χ4n) is 1.61. The Hall–Kier alpha value is -1.41. The Morgan fingerprint density at radius 1 is 1.32 bits per heavy atom. The Bertz CT molecular complexity index is 484. The predicted octanol–water partition coefficient (Wildman–Crippen LogP) is 1.42. The number of carbonyl (C=O) groups excluding carboxylic acids is 1.